The van der Waals surface area contributed by atoms with Crippen LogP contribution in [0.5, 0.6) is 11.5 Å². The van der Waals surface area contributed by atoms with Crippen LogP contribution in [0, 0.1) is 13.8 Å². The number of hydrogen-bond donors (Lipinski definition) is 1. The average molecular weight is 528 g/mol. The van der Waals surface area contributed by atoms with Crippen molar-refractivity contribution in [3.8, 4) is 11.5 Å². The number of nitrogens with zero attached hydrogens (tertiary/aromatic N) is 1. The molecule has 204 valence electrons. The number of aryl methyl sites for hydroxylation is 2. The molecule has 39 heavy (non-hydrogen) atoms. The van der Waals surface area contributed by atoms with E-state index in [1.54, 1.807) is 6.07 Å². The zero-order valence-corrected chi connectivity index (χ0v) is 24.0. The third-order valence-electron chi connectivity index (χ3n) is 6.90. The summed E-state index contributed by atoms with van der Waals surface area (Å²) < 4.78 is 11.4. The minimum Gasteiger partial charge on any atom is -0.507 e. The van der Waals surface area contributed by atoms with Gasteiger partial charge in [0, 0.05) is 5.69 Å². The number of ketones is 1. The Labute approximate surface area is 230 Å². The van der Waals surface area contributed by atoms with E-state index in [9.17, 15) is 14.7 Å². The molecular weight excluding hydrogens is 490 g/mol. The van der Waals surface area contributed by atoms with Gasteiger partial charge in [0.05, 0.1) is 30.4 Å². The number of amides is 1. The number of Topliss-reactive ketones (excluding diaryl/α,β-unsaturated/α-hetero) is 1. The first-order chi connectivity index (χ1) is 18.3. The predicted molar refractivity (Wildman–Crippen MR) is 155 cm³/mol. The summed E-state index contributed by atoms with van der Waals surface area (Å²) in [5, 5.41) is 11.7. The lowest BCUT2D eigenvalue weighted by Gasteiger charge is -2.27. The smallest absolute Gasteiger partial charge is 0.300 e. The SMILES string of the molecule is COc1c(C)cc(C)cc1/C(O)=C1\C(=O)C(=O)N(c2ccc(C(C)(C)C)cc2)C1c1ccc(OC(C)C)cc1. The Morgan fingerprint density at radius 1 is 0.949 bits per heavy atom. The van der Waals surface area contributed by atoms with E-state index in [2.05, 4.69) is 20.8 Å². The van der Waals surface area contributed by atoms with Gasteiger partial charge >= 0.3 is 0 Å². The van der Waals surface area contributed by atoms with Crippen molar-refractivity contribution in [1.29, 1.82) is 0 Å². The van der Waals surface area contributed by atoms with Gasteiger partial charge in [-0.1, -0.05) is 51.1 Å². The summed E-state index contributed by atoms with van der Waals surface area (Å²) in [5.41, 5.74) is 4.39. The molecule has 6 nitrogen and oxygen atoms in total. The second-order valence-corrected chi connectivity index (χ2v) is 11.4. The molecule has 0 bridgehead atoms. The molecule has 0 aliphatic carbocycles. The molecule has 1 amide bonds. The number of methoxy groups -OCH3 is 1. The Hall–Kier alpha value is -4.06. The molecule has 1 N–H and O–H groups in total. The van der Waals surface area contributed by atoms with Gasteiger partial charge in [-0.15, -0.1) is 0 Å². The third-order valence-corrected chi connectivity index (χ3v) is 6.90. The molecule has 1 aliphatic rings. The molecule has 3 aromatic carbocycles. The Kier molecular flexibility index (Phi) is 7.60. The van der Waals surface area contributed by atoms with Crippen molar-refractivity contribution < 1.29 is 24.2 Å². The van der Waals surface area contributed by atoms with Crippen LogP contribution in [0.2, 0.25) is 0 Å². The topological polar surface area (TPSA) is 76.1 Å². The van der Waals surface area contributed by atoms with Crippen LogP contribution in [0.4, 0.5) is 5.69 Å². The highest BCUT2D eigenvalue weighted by Crippen LogP contribution is 2.44. The van der Waals surface area contributed by atoms with Crippen LogP contribution in [-0.4, -0.2) is 30.0 Å². The van der Waals surface area contributed by atoms with Crippen LogP contribution in [-0.2, 0) is 15.0 Å². The summed E-state index contributed by atoms with van der Waals surface area (Å²) in [6.45, 7) is 14.0. The summed E-state index contributed by atoms with van der Waals surface area (Å²) in [5.74, 6) is -0.579. The van der Waals surface area contributed by atoms with Gasteiger partial charge < -0.3 is 14.6 Å². The Bertz CT molecular complexity index is 1430. The van der Waals surface area contributed by atoms with Crippen molar-refractivity contribution >= 4 is 23.1 Å². The molecule has 0 radical (unpaired) electrons. The van der Waals surface area contributed by atoms with Gasteiger partial charge in [0.1, 0.15) is 17.3 Å². The molecule has 0 spiro atoms. The van der Waals surface area contributed by atoms with E-state index in [1.807, 2.05) is 82.3 Å². The fourth-order valence-corrected chi connectivity index (χ4v) is 5.08. The number of carbonyl (C=O) groups is 2. The highest BCUT2D eigenvalue weighted by molar-refractivity contribution is 6.51. The maximum absolute atomic E-state index is 13.6. The number of aliphatic hydroxyl groups is 1. The summed E-state index contributed by atoms with van der Waals surface area (Å²) in [4.78, 5) is 28.7. The van der Waals surface area contributed by atoms with Crippen molar-refractivity contribution in [2.24, 2.45) is 0 Å². The second kappa shape index (κ2) is 10.6. The second-order valence-electron chi connectivity index (χ2n) is 11.4. The summed E-state index contributed by atoms with van der Waals surface area (Å²) in [6.07, 6.45) is -0.000147. The predicted octanol–water partition coefficient (Wildman–Crippen LogP) is 7.02. The maximum Gasteiger partial charge on any atom is 0.300 e. The van der Waals surface area contributed by atoms with Crippen LogP contribution >= 0.6 is 0 Å². The first-order valence-corrected chi connectivity index (χ1v) is 13.2. The van der Waals surface area contributed by atoms with Crippen molar-refractivity contribution in [3.63, 3.8) is 0 Å². The monoisotopic (exact) mass is 527 g/mol. The van der Waals surface area contributed by atoms with Gasteiger partial charge in [0.2, 0.25) is 0 Å². The van der Waals surface area contributed by atoms with Crippen LogP contribution in [0.1, 0.15) is 68.5 Å². The van der Waals surface area contributed by atoms with Crippen LogP contribution in [0.15, 0.2) is 66.2 Å². The maximum atomic E-state index is 13.6. The highest BCUT2D eigenvalue weighted by Gasteiger charge is 2.47. The van der Waals surface area contributed by atoms with Gasteiger partial charge in [0.15, 0.2) is 0 Å². The molecule has 1 unspecified atom stereocenters. The van der Waals surface area contributed by atoms with Gasteiger partial charge in [-0.2, -0.15) is 0 Å². The molecule has 3 aromatic rings. The van der Waals surface area contributed by atoms with Gasteiger partial charge in [-0.05, 0) is 85.7 Å². The molecule has 1 fully saturated rings. The summed E-state index contributed by atoms with van der Waals surface area (Å²) in [6, 6.07) is 17.8. The van der Waals surface area contributed by atoms with Crippen LogP contribution < -0.4 is 14.4 Å². The first-order valence-electron chi connectivity index (χ1n) is 13.2. The lowest BCUT2D eigenvalue weighted by molar-refractivity contribution is -0.132. The average Bonchev–Trinajstić information content (AvgIpc) is 3.13. The molecular formula is C33H37NO5. The minimum atomic E-state index is -0.843. The standard InChI is InChI=1S/C33H37NO5/c1-19(2)39-25-15-9-22(10-16-25)28-27(29(35)26-18-20(3)17-21(4)31(26)38-8)30(36)32(37)34(28)24-13-11-23(12-14-24)33(5,6)7/h9-19,28,35H,1-8H3/b29-27+. The molecule has 1 aliphatic heterocycles. The van der Waals surface area contributed by atoms with Gasteiger partial charge in [-0.25, -0.2) is 0 Å². The van der Waals surface area contributed by atoms with Crippen LogP contribution in [0.3, 0.4) is 0 Å². The minimum absolute atomic E-state index is 0.000147. The molecule has 6 heteroatoms. The van der Waals surface area contributed by atoms with E-state index < -0.39 is 17.7 Å². The molecule has 1 heterocycles. The summed E-state index contributed by atoms with van der Waals surface area (Å²) in [7, 11) is 1.52. The van der Waals surface area contributed by atoms with Crippen molar-refractivity contribution in [2.75, 3.05) is 12.0 Å². The fraction of sp³-hybridized carbons (Fsp3) is 0.333. The number of rotatable bonds is 6. The number of aliphatic hydroxyl groups excluding tert-OH is 1. The number of ether oxygens (including phenoxy) is 2. The molecule has 1 saturated heterocycles. The van der Waals surface area contributed by atoms with Gasteiger partial charge in [-0.3, -0.25) is 14.5 Å². The largest absolute Gasteiger partial charge is 0.507 e. The number of hydrogen-bond acceptors (Lipinski definition) is 5. The van der Waals surface area contributed by atoms with E-state index in [1.165, 1.54) is 12.0 Å². The first kappa shape index (κ1) is 28.0. The molecule has 0 saturated carbocycles. The Balaban J connectivity index is 1.94. The van der Waals surface area contributed by atoms with Gasteiger partial charge in [0.25, 0.3) is 11.7 Å². The lowest BCUT2D eigenvalue weighted by atomic mass is 9.87. The summed E-state index contributed by atoms with van der Waals surface area (Å²) >= 11 is 0. The van der Waals surface area contributed by atoms with Crippen molar-refractivity contribution in [2.45, 2.75) is 66.0 Å². The molecule has 0 aromatic heterocycles. The molecule has 4 rings (SSSR count). The van der Waals surface area contributed by atoms with Crippen molar-refractivity contribution in [1.82, 2.24) is 0 Å². The number of anilines is 1. The van der Waals surface area contributed by atoms with E-state index in [0.717, 1.165) is 16.7 Å². The van der Waals surface area contributed by atoms with Crippen molar-refractivity contribution in [3.05, 3.63) is 94.1 Å². The quantitative estimate of drug-likeness (QED) is 0.212. The normalized spacial score (nSPS) is 17.2. The van der Waals surface area contributed by atoms with E-state index in [-0.39, 0.29) is 22.9 Å². The third kappa shape index (κ3) is 5.42. The molecule has 1 atom stereocenters. The van der Waals surface area contributed by atoms with E-state index in [4.69, 9.17) is 9.47 Å². The number of carbonyl (C=O) groups excluding carboxylic acids is 2. The van der Waals surface area contributed by atoms with Crippen LogP contribution in [0.25, 0.3) is 5.76 Å². The zero-order chi connectivity index (χ0) is 28.6. The highest BCUT2D eigenvalue weighted by atomic mass is 16.5. The van der Waals surface area contributed by atoms with E-state index in [0.29, 0.717) is 28.3 Å². The Morgan fingerprint density at radius 3 is 2.10 bits per heavy atom. The van der Waals surface area contributed by atoms with E-state index >= 15 is 0 Å². The number of benzene rings is 3. The zero-order valence-electron chi connectivity index (χ0n) is 24.0. The Morgan fingerprint density at radius 2 is 1.56 bits per heavy atom. The lowest BCUT2D eigenvalue weighted by Crippen LogP contribution is -2.29. The fourth-order valence-electron chi connectivity index (χ4n) is 5.08.